The second-order valence-corrected chi connectivity index (χ2v) is 9.25. The zero-order chi connectivity index (χ0) is 17.4. The van der Waals surface area contributed by atoms with E-state index in [1.165, 1.54) is 0 Å². The molecule has 0 aromatic heterocycles. The van der Waals surface area contributed by atoms with Crippen LogP contribution in [0.1, 0.15) is 24.8 Å². The quantitative estimate of drug-likeness (QED) is 0.914. The highest BCUT2D eigenvalue weighted by Crippen LogP contribution is 2.41. The van der Waals surface area contributed by atoms with Crippen molar-refractivity contribution in [2.45, 2.75) is 54.1 Å². The average molecular weight is 357 g/mol. The SMILES string of the molecule is O=S(=O)(c1ccccc1)C1CC2CC[C@H](O)C1N2Cc1ccccc1. The van der Waals surface area contributed by atoms with Crippen LogP contribution in [0.25, 0.3) is 0 Å². The number of rotatable bonds is 4. The standard InChI is InChI=1S/C20H23NO3S/c22-18-12-11-16-13-19(25(23,24)17-9-5-2-6-10-17)20(18)21(16)14-15-7-3-1-4-8-15/h1-10,16,18-20,22H,11-14H2/t16?,18-,19?,20?/m0/s1. The van der Waals surface area contributed by atoms with E-state index in [9.17, 15) is 13.5 Å². The molecule has 0 radical (unpaired) electrons. The van der Waals surface area contributed by atoms with Crippen LogP contribution in [0.5, 0.6) is 0 Å². The molecule has 2 heterocycles. The topological polar surface area (TPSA) is 57.6 Å². The number of fused-ring (bicyclic) bond motifs is 2. The fourth-order valence-corrected chi connectivity index (χ4v) is 6.48. The van der Waals surface area contributed by atoms with E-state index in [1.807, 2.05) is 24.3 Å². The predicted octanol–water partition coefficient (Wildman–Crippen LogP) is 2.63. The van der Waals surface area contributed by atoms with Gasteiger partial charge in [-0.05, 0) is 37.0 Å². The zero-order valence-electron chi connectivity index (χ0n) is 14.0. The van der Waals surface area contributed by atoms with Gasteiger partial charge in [-0.15, -0.1) is 0 Å². The molecular weight excluding hydrogens is 334 g/mol. The van der Waals surface area contributed by atoms with Gasteiger partial charge in [0.25, 0.3) is 0 Å². The number of benzene rings is 2. The highest BCUT2D eigenvalue weighted by Gasteiger charge is 2.52. The van der Waals surface area contributed by atoms with E-state index < -0.39 is 21.2 Å². The van der Waals surface area contributed by atoms with Gasteiger partial charge >= 0.3 is 0 Å². The molecule has 2 aliphatic heterocycles. The molecule has 2 aromatic rings. The minimum atomic E-state index is -3.45. The maximum absolute atomic E-state index is 13.2. The van der Waals surface area contributed by atoms with Gasteiger partial charge in [0.1, 0.15) is 0 Å². The summed E-state index contributed by atoms with van der Waals surface area (Å²) in [7, 11) is -3.45. The summed E-state index contributed by atoms with van der Waals surface area (Å²) in [5.41, 5.74) is 1.16. The first-order chi connectivity index (χ1) is 12.1. The molecule has 2 fully saturated rings. The summed E-state index contributed by atoms with van der Waals surface area (Å²) in [4.78, 5) is 2.58. The summed E-state index contributed by atoms with van der Waals surface area (Å²) in [5.74, 6) is 0. The smallest absolute Gasteiger partial charge is 0.182 e. The minimum Gasteiger partial charge on any atom is -0.391 e. The average Bonchev–Trinajstić information content (AvgIpc) is 2.90. The molecule has 2 aromatic carbocycles. The van der Waals surface area contributed by atoms with Gasteiger partial charge in [-0.2, -0.15) is 0 Å². The third-order valence-electron chi connectivity index (χ3n) is 5.61. The summed E-state index contributed by atoms with van der Waals surface area (Å²) in [6.07, 6.45) is 1.55. The number of hydrogen-bond acceptors (Lipinski definition) is 4. The fraction of sp³-hybridized carbons (Fsp3) is 0.400. The molecule has 0 saturated carbocycles. The number of piperidine rings is 1. The highest BCUT2D eigenvalue weighted by atomic mass is 32.2. The van der Waals surface area contributed by atoms with Gasteiger partial charge < -0.3 is 5.11 Å². The number of nitrogens with zero attached hydrogens (tertiary/aromatic N) is 1. The van der Waals surface area contributed by atoms with Crippen molar-refractivity contribution in [1.29, 1.82) is 0 Å². The van der Waals surface area contributed by atoms with Crippen LogP contribution in [-0.2, 0) is 16.4 Å². The Morgan fingerprint density at radius 1 is 0.960 bits per heavy atom. The molecule has 0 aliphatic carbocycles. The lowest BCUT2D eigenvalue weighted by Crippen LogP contribution is -2.51. The van der Waals surface area contributed by atoms with E-state index in [-0.39, 0.29) is 12.1 Å². The van der Waals surface area contributed by atoms with Gasteiger partial charge in [0, 0.05) is 12.6 Å². The van der Waals surface area contributed by atoms with Crippen LogP contribution >= 0.6 is 0 Å². The summed E-state index contributed by atoms with van der Waals surface area (Å²) in [5, 5.41) is 10.1. The van der Waals surface area contributed by atoms with Crippen LogP contribution in [0, 0.1) is 0 Å². The van der Waals surface area contributed by atoms with E-state index in [0.717, 1.165) is 12.0 Å². The molecule has 3 unspecified atom stereocenters. The second-order valence-electron chi connectivity index (χ2n) is 7.08. The van der Waals surface area contributed by atoms with Gasteiger partial charge in [-0.3, -0.25) is 4.90 Å². The Kier molecular flexibility index (Phi) is 4.40. The Morgan fingerprint density at radius 2 is 1.60 bits per heavy atom. The maximum Gasteiger partial charge on any atom is 0.182 e. The molecular formula is C20H23NO3S. The van der Waals surface area contributed by atoms with Crippen molar-refractivity contribution >= 4 is 9.84 Å². The van der Waals surface area contributed by atoms with E-state index in [2.05, 4.69) is 17.0 Å². The normalized spacial score (nSPS) is 29.6. The highest BCUT2D eigenvalue weighted by molar-refractivity contribution is 7.92. The first-order valence-corrected chi connectivity index (χ1v) is 10.4. The molecule has 2 bridgehead atoms. The molecule has 0 amide bonds. The molecule has 0 spiro atoms. The summed E-state index contributed by atoms with van der Waals surface area (Å²) in [6.45, 7) is 0.689. The fourth-order valence-electron chi connectivity index (χ4n) is 4.41. The van der Waals surface area contributed by atoms with Crippen molar-refractivity contribution < 1.29 is 13.5 Å². The van der Waals surface area contributed by atoms with Crippen LogP contribution in [0.4, 0.5) is 0 Å². The zero-order valence-corrected chi connectivity index (χ0v) is 14.8. The van der Waals surface area contributed by atoms with Crippen LogP contribution in [0.15, 0.2) is 65.6 Å². The Labute approximate surface area is 149 Å². The van der Waals surface area contributed by atoms with Gasteiger partial charge in [0.2, 0.25) is 0 Å². The third kappa shape index (κ3) is 3.01. The van der Waals surface area contributed by atoms with E-state index in [1.54, 1.807) is 24.3 Å². The van der Waals surface area contributed by atoms with Crippen LogP contribution in [0.3, 0.4) is 0 Å². The molecule has 4 nitrogen and oxygen atoms in total. The van der Waals surface area contributed by atoms with E-state index >= 15 is 0 Å². The Balaban J connectivity index is 1.67. The van der Waals surface area contributed by atoms with Crippen molar-refractivity contribution in [2.75, 3.05) is 0 Å². The summed E-state index contributed by atoms with van der Waals surface area (Å²) >= 11 is 0. The lowest BCUT2D eigenvalue weighted by Gasteiger charge is -2.38. The molecule has 132 valence electrons. The first-order valence-electron chi connectivity index (χ1n) is 8.84. The van der Waals surface area contributed by atoms with Gasteiger partial charge in [0.15, 0.2) is 9.84 Å². The molecule has 2 aliphatic rings. The molecule has 25 heavy (non-hydrogen) atoms. The van der Waals surface area contributed by atoms with E-state index in [4.69, 9.17) is 0 Å². The lowest BCUT2D eigenvalue weighted by atomic mass is 9.99. The van der Waals surface area contributed by atoms with Crippen molar-refractivity contribution in [3.05, 3.63) is 66.2 Å². The molecule has 1 N–H and O–H groups in total. The predicted molar refractivity (Wildman–Crippen MR) is 96.8 cm³/mol. The van der Waals surface area contributed by atoms with Gasteiger partial charge in [-0.1, -0.05) is 48.5 Å². The number of aliphatic hydroxyl groups is 1. The first kappa shape index (κ1) is 16.8. The van der Waals surface area contributed by atoms with Gasteiger partial charge in [0.05, 0.1) is 22.3 Å². The monoisotopic (exact) mass is 357 g/mol. The van der Waals surface area contributed by atoms with Crippen molar-refractivity contribution in [2.24, 2.45) is 0 Å². The largest absolute Gasteiger partial charge is 0.391 e. The molecule has 4 atom stereocenters. The van der Waals surface area contributed by atoms with Crippen molar-refractivity contribution in [1.82, 2.24) is 4.90 Å². The number of aliphatic hydroxyl groups excluding tert-OH is 1. The molecule has 4 rings (SSSR count). The number of sulfone groups is 1. The van der Waals surface area contributed by atoms with Crippen molar-refractivity contribution in [3.8, 4) is 0 Å². The third-order valence-corrected chi connectivity index (χ3v) is 7.80. The summed E-state index contributed by atoms with van der Waals surface area (Å²) in [6, 6.07) is 18.6. The lowest BCUT2D eigenvalue weighted by molar-refractivity contribution is 0.0103. The second kappa shape index (κ2) is 6.56. The Bertz CT molecular complexity index is 823. The van der Waals surface area contributed by atoms with Crippen LogP contribution in [-0.4, -0.2) is 41.9 Å². The molecule has 5 heteroatoms. The number of hydrogen-bond donors (Lipinski definition) is 1. The van der Waals surface area contributed by atoms with Crippen molar-refractivity contribution in [3.63, 3.8) is 0 Å². The molecule has 2 saturated heterocycles. The van der Waals surface area contributed by atoms with Crippen LogP contribution in [0.2, 0.25) is 0 Å². The Hall–Kier alpha value is -1.69. The van der Waals surface area contributed by atoms with Crippen LogP contribution < -0.4 is 0 Å². The Morgan fingerprint density at radius 3 is 2.28 bits per heavy atom. The summed E-state index contributed by atoms with van der Waals surface area (Å²) < 4.78 is 26.4. The van der Waals surface area contributed by atoms with E-state index in [0.29, 0.717) is 24.3 Å². The maximum atomic E-state index is 13.2. The minimum absolute atomic E-state index is 0.220. The van der Waals surface area contributed by atoms with Gasteiger partial charge in [-0.25, -0.2) is 8.42 Å².